The van der Waals surface area contributed by atoms with Crippen LogP contribution in [0.5, 0.6) is 0 Å². The predicted molar refractivity (Wildman–Crippen MR) is 53.6 cm³/mol. The van der Waals surface area contributed by atoms with Gasteiger partial charge in [-0.15, -0.1) is 0 Å². The summed E-state index contributed by atoms with van der Waals surface area (Å²) in [5, 5.41) is 0. The van der Waals surface area contributed by atoms with Gasteiger partial charge in [0.1, 0.15) is 5.52 Å². The molecule has 0 N–H and O–H groups in total. The molecule has 0 radical (unpaired) electrons. The van der Waals surface area contributed by atoms with E-state index in [9.17, 15) is 13.2 Å². The Labute approximate surface area is 95.0 Å². The molecule has 0 fully saturated rings. The first-order valence-electron chi connectivity index (χ1n) is 3.76. The number of benzene rings is 1. The molecule has 0 aliphatic carbocycles. The first-order chi connectivity index (χ1) is 6.96. The van der Waals surface area contributed by atoms with E-state index in [-0.39, 0.29) is 27.0 Å². The minimum absolute atomic E-state index is 0.0365. The third-order valence-electron chi connectivity index (χ3n) is 1.58. The van der Waals surface area contributed by atoms with E-state index in [1.165, 1.54) is 12.1 Å². The van der Waals surface area contributed by atoms with Crippen molar-refractivity contribution in [3.05, 3.63) is 23.0 Å². The van der Waals surface area contributed by atoms with Crippen LogP contribution in [-0.2, 0) is 0 Å². The summed E-state index contributed by atoms with van der Waals surface area (Å²) in [5.74, 6) is 0. The molecular weight excluding hydrogens is 295 g/mol. The minimum Gasteiger partial charge on any atom is -0.431 e. The molecular formula is C8H3BrF3NOS. The number of hydrogen-bond acceptors (Lipinski definition) is 3. The van der Waals surface area contributed by atoms with Gasteiger partial charge >= 0.3 is 5.51 Å². The molecule has 0 unspecified atom stereocenters. The van der Waals surface area contributed by atoms with Crippen molar-refractivity contribution < 1.29 is 17.6 Å². The highest BCUT2D eigenvalue weighted by atomic mass is 79.9. The van der Waals surface area contributed by atoms with Crippen LogP contribution >= 0.6 is 27.7 Å². The average Bonchev–Trinajstić information content (AvgIpc) is 2.43. The lowest BCUT2D eigenvalue weighted by atomic mass is 10.3. The van der Waals surface area contributed by atoms with Crippen molar-refractivity contribution in [2.45, 2.75) is 10.4 Å². The zero-order valence-corrected chi connectivity index (χ0v) is 9.41. The molecule has 7 heteroatoms. The smallest absolute Gasteiger partial charge is 0.431 e. The molecule has 0 atom stereocenters. The van der Waals surface area contributed by atoms with Crippen LogP contribution in [0.15, 0.2) is 32.3 Å². The topological polar surface area (TPSA) is 26.0 Å². The second-order valence-electron chi connectivity index (χ2n) is 2.62. The van der Waals surface area contributed by atoms with E-state index in [1.54, 1.807) is 6.07 Å². The lowest BCUT2D eigenvalue weighted by Crippen LogP contribution is -1.99. The number of fused-ring (bicyclic) bond motifs is 1. The van der Waals surface area contributed by atoms with Gasteiger partial charge in [-0.1, -0.05) is 6.07 Å². The van der Waals surface area contributed by atoms with Crippen LogP contribution in [0.25, 0.3) is 11.1 Å². The highest BCUT2D eigenvalue weighted by molar-refractivity contribution is 9.10. The SMILES string of the molecule is FC(F)(F)Sc1cccc2oc(Br)nc12. The van der Waals surface area contributed by atoms with E-state index < -0.39 is 5.51 Å². The van der Waals surface area contributed by atoms with Gasteiger partial charge in [0.05, 0.1) is 0 Å². The van der Waals surface area contributed by atoms with Crippen molar-refractivity contribution >= 4 is 38.8 Å². The molecule has 0 spiro atoms. The lowest BCUT2D eigenvalue weighted by molar-refractivity contribution is -0.0327. The number of thioether (sulfide) groups is 1. The quantitative estimate of drug-likeness (QED) is 0.738. The van der Waals surface area contributed by atoms with Crippen LogP contribution in [0.3, 0.4) is 0 Å². The number of hydrogen-bond donors (Lipinski definition) is 0. The Kier molecular flexibility index (Phi) is 2.68. The van der Waals surface area contributed by atoms with Gasteiger partial charge in [0, 0.05) is 20.8 Å². The average molecular weight is 298 g/mol. The molecule has 0 bridgehead atoms. The molecule has 80 valence electrons. The van der Waals surface area contributed by atoms with Crippen LogP contribution in [0, 0.1) is 0 Å². The summed E-state index contributed by atoms with van der Waals surface area (Å²) < 4.78 is 41.6. The molecule has 0 saturated carbocycles. The molecule has 2 aromatic rings. The van der Waals surface area contributed by atoms with Crippen LogP contribution in [0.2, 0.25) is 0 Å². The van der Waals surface area contributed by atoms with Crippen molar-refractivity contribution in [2.75, 3.05) is 0 Å². The van der Waals surface area contributed by atoms with Crippen molar-refractivity contribution in [2.24, 2.45) is 0 Å². The minimum atomic E-state index is -4.32. The van der Waals surface area contributed by atoms with E-state index in [2.05, 4.69) is 20.9 Å². The van der Waals surface area contributed by atoms with Crippen molar-refractivity contribution in [1.29, 1.82) is 0 Å². The van der Waals surface area contributed by atoms with Gasteiger partial charge < -0.3 is 4.42 Å². The Morgan fingerprint density at radius 2 is 2.07 bits per heavy atom. The molecule has 0 saturated heterocycles. The number of nitrogens with zero attached hydrogens (tertiary/aromatic N) is 1. The number of rotatable bonds is 1. The molecule has 15 heavy (non-hydrogen) atoms. The van der Waals surface area contributed by atoms with Gasteiger partial charge in [0.25, 0.3) is 4.80 Å². The highest BCUT2D eigenvalue weighted by Crippen LogP contribution is 2.40. The zero-order chi connectivity index (χ0) is 11.1. The van der Waals surface area contributed by atoms with Crippen molar-refractivity contribution in [1.82, 2.24) is 4.98 Å². The van der Waals surface area contributed by atoms with Gasteiger partial charge in [-0.25, -0.2) is 4.98 Å². The number of halogens is 4. The summed E-state index contributed by atoms with van der Waals surface area (Å²) in [6.45, 7) is 0. The van der Waals surface area contributed by atoms with Crippen LogP contribution < -0.4 is 0 Å². The number of alkyl halides is 3. The van der Waals surface area contributed by atoms with E-state index in [0.29, 0.717) is 5.58 Å². The van der Waals surface area contributed by atoms with Crippen molar-refractivity contribution in [3.63, 3.8) is 0 Å². The van der Waals surface area contributed by atoms with E-state index in [4.69, 9.17) is 4.42 Å². The zero-order valence-electron chi connectivity index (χ0n) is 7.01. The fraction of sp³-hybridized carbons (Fsp3) is 0.125. The van der Waals surface area contributed by atoms with Gasteiger partial charge in [-0.05, 0) is 23.9 Å². The van der Waals surface area contributed by atoms with E-state index >= 15 is 0 Å². The summed E-state index contributed by atoms with van der Waals surface area (Å²) in [7, 11) is 0. The molecule has 2 rings (SSSR count). The highest BCUT2D eigenvalue weighted by Gasteiger charge is 2.30. The van der Waals surface area contributed by atoms with Gasteiger partial charge in [0.2, 0.25) is 0 Å². The standard InChI is InChI=1S/C8H3BrF3NOS/c9-7-13-6-4(14-7)2-1-3-5(6)15-8(10,11)12/h1-3H. The number of aromatic nitrogens is 1. The molecule has 2 nitrogen and oxygen atoms in total. The first-order valence-corrected chi connectivity index (χ1v) is 5.37. The van der Waals surface area contributed by atoms with E-state index in [0.717, 1.165) is 0 Å². The maximum atomic E-state index is 12.2. The van der Waals surface area contributed by atoms with Crippen molar-refractivity contribution in [3.8, 4) is 0 Å². The predicted octanol–water partition coefficient (Wildman–Crippen LogP) is 4.20. The summed E-state index contributed by atoms with van der Waals surface area (Å²) in [5.41, 5.74) is -3.78. The van der Waals surface area contributed by atoms with Gasteiger partial charge in [-0.3, -0.25) is 0 Å². The largest absolute Gasteiger partial charge is 0.446 e. The summed E-state index contributed by atoms with van der Waals surface area (Å²) >= 11 is 2.77. The fourth-order valence-corrected chi connectivity index (χ4v) is 2.09. The normalized spacial score (nSPS) is 12.3. The summed E-state index contributed by atoms with van der Waals surface area (Å²) in [4.78, 5) is 4.04. The third kappa shape index (κ3) is 2.46. The maximum absolute atomic E-state index is 12.2. The maximum Gasteiger partial charge on any atom is 0.446 e. The fourth-order valence-electron chi connectivity index (χ4n) is 1.10. The molecule has 0 amide bonds. The molecule has 0 aliphatic heterocycles. The monoisotopic (exact) mass is 297 g/mol. The Hall–Kier alpha value is -0.690. The van der Waals surface area contributed by atoms with Gasteiger partial charge in [-0.2, -0.15) is 13.2 Å². The molecule has 1 aromatic heterocycles. The van der Waals surface area contributed by atoms with E-state index in [1.807, 2.05) is 0 Å². The number of oxazole rings is 1. The van der Waals surface area contributed by atoms with Gasteiger partial charge in [0.15, 0.2) is 5.58 Å². The molecule has 1 aromatic carbocycles. The van der Waals surface area contributed by atoms with Crippen LogP contribution in [-0.4, -0.2) is 10.5 Å². The lowest BCUT2D eigenvalue weighted by Gasteiger charge is -2.04. The van der Waals surface area contributed by atoms with Crippen LogP contribution in [0.4, 0.5) is 13.2 Å². The Morgan fingerprint density at radius 3 is 2.73 bits per heavy atom. The number of para-hydroxylation sites is 1. The second-order valence-corrected chi connectivity index (χ2v) is 4.40. The molecule has 0 aliphatic rings. The summed E-state index contributed by atoms with van der Waals surface area (Å²) in [6, 6.07) is 4.41. The first kappa shape index (κ1) is 10.8. The van der Waals surface area contributed by atoms with Crippen LogP contribution in [0.1, 0.15) is 0 Å². The third-order valence-corrected chi connectivity index (χ3v) is 2.70. The second kappa shape index (κ2) is 3.71. The Balaban J connectivity index is 2.51. The molecule has 1 heterocycles. The Morgan fingerprint density at radius 1 is 1.33 bits per heavy atom. The summed E-state index contributed by atoms with van der Waals surface area (Å²) in [6.07, 6.45) is 0. The Bertz CT molecular complexity index is 496.